The van der Waals surface area contributed by atoms with E-state index in [-0.39, 0.29) is 35.4 Å². The minimum Gasteiger partial charge on any atom is -0.470 e. The number of halogens is 2. The molecule has 32 heavy (non-hydrogen) atoms. The van der Waals surface area contributed by atoms with Crippen LogP contribution in [-0.4, -0.2) is 34.0 Å². The van der Waals surface area contributed by atoms with Crippen LogP contribution in [0.15, 0.2) is 30.5 Å². The Morgan fingerprint density at radius 2 is 1.97 bits per heavy atom. The molecule has 0 aliphatic heterocycles. The van der Waals surface area contributed by atoms with Crippen molar-refractivity contribution in [1.82, 2.24) is 9.78 Å². The number of rotatable bonds is 8. The van der Waals surface area contributed by atoms with Crippen molar-refractivity contribution in [2.45, 2.75) is 27.5 Å². The average Bonchev–Trinajstić information content (AvgIpc) is 3.32. The van der Waals surface area contributed by atoms with Crippen LogP contribution in [0.25, 0.3) is 0 Å². The first-order valence-electron chi connectivity index (χ1n) is 9.45. The summed E-state index contributed by atoms with van der Waals surface area (Å²) in [5.74, 6) is -0.943. The Kier molecular flexibility index (Phi) is 7.55. The summed E-state index contributed by atoms with van der Waals surface area (Å²) in [6.07, 6.45) is 1.56. The molecule has 2 aromatic heterocycles. The van der Waals surface area contributed by atoms with Crippen molar-refractivity contribution in [2.75, 3.05) is 11.9 Å². The minimum absolute atomic E-state index is 0.00923. The number of nitrogens with zero attached hydrogens (tertiary/aromatic N) is 2. The molecule has 0 radical (unpaired) electrons. The molecule has 0 unspecified atom stereocenters. The Labute approximate surface area is 198 Å². The zero-order valence-corrected chi connectivity index (χ0v) is 19.7. The maximum atomic E-state index is 12.7. The molecule has 8 nitrogen and oxygen atoms in total. The molecule has 2 heterocycles. The topological polar surface area (TPSA) is 99.5 Å². The van der Waals surface area contributed by atoms with Crippen LogP contribution in [0, 0.1) is 6.92 Å². The van der Waals surface area contributed by atoms with E-state index in [4.69, 9.17) is 32.7 Å². The highest BCUT2D eigenvalue weighted by molar-refractivity contribution is 7.18. The van der Waals surface area contributed by atoms with Gasteiger partial charge in [0.15, 0.2) is 18.2 Å². The molecule has 0 atom stereocenters. The summed E-state index contributed by atoms with van der Waals surface area (Å²) in [4.78, 5) is 37.4. The van der Waals surface area contributed by atoms with E-state index in [0.29, 0.717) is 26.2 Å². The van der Waals surface area contributed by atoms with Crippen molar-refractivity contribution in [1.29, 1.82) is 0 Å². The first kappa shape index (κ1) is 23.8. The summed E-state index contributed by atoms with van der Waals surface area (Å²) >= 11 is 13.0. The van der Waals surface area contributed by atoms with Crippen LogP contribution in [-0.2, 0) is 11.5 Å². The van der Waals surface area contributed by atoms with Gasteiger partial charge in [0.25, 0.3) is 5.91 Å². The van der Waals surface area contributed by atoms with Crippen molar-refractivity contribution in [3.63, 3.8) is 0 Å². The third-order valence-electron chi connectivity index (χ3n) is 4.29. The molecule has 0 saturated heterocycles. The number of hydrogen-bond acceptors (Lipinski definition) is 7. The van der Waals surface area contributed by atoms with Crippen LogP contribution in [0.3, 0.4) is 0 Å². The number of Topliss-reactive ketones (excluding diaryl/α,β-unsaturated/α-hetero) is 1. The number of aromatic nitrogens is 2. The zero-order chi connectivity index (χ0) is 23.4. The van der Waals surface area contributed by atoms with Crippen LogP contribution >= 0.6 is 34.5 Å². The lowest BCUT2D eigenvalue weighted by Gasteiger charge is -2.08. The summed E-state index contributed by atoms with van der Waals surface area (Å²) in [7, 11) is 0. The molecule has 0 spiro atoms. The van der Waals surface area contributed by atoms with E-state index in [1.165, 1.54) is 17.7 Å². The monoisotopic (exact) mass is 495 g/mol. The smallest absolute Gasteiger partial charge is 0.341 e. The number of carbonyl (C=O) groups is 3. The Morgan fingerprint density at radius 3 is 2.62 bits per heavy atom. The largest absolute Gasteiger partial charge is 0.470 e. The van der Waals surface area contributed by atoms with Crippen LogP contribution in [0.5, 0.6) is 5.75 Å². The second-order valence-corrected chi connectivity index (χ2v) is 8.44. The molecule has 0 saturated carbocycles. The maximum absolute atomic E-state index is 12.7. The highest BCUT2D eigenvalue weighted by atomic mass is 35.5. The molecular weight excluding hydrogens is 477 g/mol. The standard InChI is InChI=1S/C21H19Cl2N3O5S/c1-4-30-21(29)17-11(2)18(12(3)27)32-20(17)24-19(28)15-7-8-26(25-15)10-31-16-6-5-13(22)9-14(16)23/h5-9H,4,10H2,1-3H3,(H,24,28). The fourth-order valence-electron chi connectivity index (χ4n) is 2.84. The van der Waals surface area contributed by atoms with E-state index in [9.17, 15) is 14.4 Å². The fraction of sp³-hybridized carbons (Fsp3) is 0.238. The number of ether oxygens (including phenoxy) is 2. The molecule has 11 heteroatoms. The molecule has 0 fully saturated rings. The van der Waals surface area contributed by atoms with E-state index in [0.717, 1.165) is 11.3 Å². The van der Waals surface area contributed by atoms with Crippen molar-refractivity contribution < 1.29 is 23.9 Å². The van der Waals surface area contributed by atoms with Gasteiger partial charge in [0.2, 0.25) is 0 Å². The van der Waals surface area contributed by atoms with Crippen LogP contribution in [0.4, 0.5) is 5.00 Å². The van der Waals surface area contributed by atoms with Gasteiger partial charge in [-0.2, -0.15) is 5.10 Å². The predicted octanol–water partition coefficient (Wildman–Crippen LogP) is 5.23. The Balaban J connectivity index is 1.75. The molecule has 1 N–H and O–H groups in total. The van der Waals surface area contributed by atoms with Crippen LogP contribution in [0.1, 0.15) is 49.9 Å². The number of nitrogens with one attached hydrogen (secondary N) is 1. The molecule has 168 valence electrons. The maximum Gasteiger partial charge on any atom is 0.341 e. The molecule has 1 aromatic carbocycles. The molecule has 0 bridgehead atoms. The van der Waals surface area contributed by atoms with Gasteiger partial charge in [-0.3, -0.25) is 9.59 Å². The molecule has 3 rings (SSSR count). The predicted molar refractivity (Wildman–Crippen MR) is 122 cm³/mol. The van der Waals surface area contributed by atoms with Gasteiger partial charge < -0.3 is 14.8 Å². The SMILES string of the molecule is CCOC(=O)c1c(NC(=O)c2ccn(COc3ccc(Cl)cc3Cl)n2)sc(C(C)=O)c1C. The summed E-state index contributed by atoms with van der Waals surface area (Å²) in [6, 6.07) is 6.33. The van der Waals surface area contributed by atoms with Gasteiger partial charge in [-0.1, -0.05) is 23.2 Å². The zero-order valence-electron chi connectivity index (χ0n) is 17.4. The Hall–Kier alpha value is -2.88. The molecular formula is C21H19Cl2N3O5S. The van der Waals surface area contributed by atoms with Gasteiger partial charge in [0.05, 0.1) is 22.1 Å². The lowest BCUT2D eigenvalue weighted by atomic mass is 10.1. The second kappa shape index (κ2) is 10.2. The first-order valence-corrected chi connectivity index (χ1v) is 11.0. The average molecular weight is 496 g/mol. The van der Waals surface area contributed by atoms with Gasteiger partial charge in [-0.25, -0.2) is 9.48 Å². The number of thiophene rings is 1. The summed E-state index contributed by atoms with van der Waals surface area (Å²) in [5, 5.41) is 7.90. The number of ketones is 1. The van der Waals surface area contributed by atoms with Crippen molar-refractivity contribution in [3.05, 3.63) is 62.2 Å². The first-order chi connectivity index (χ1) is 15.2. The van der Waals surface area contributed by atoms with E-state index in [2.05, 4.69) is 10.4 Å². The lowest BCUT2D eigenvalue weighted by molar-refractivity contribution is 0.0527. The summed E-state index contributed by atoms with van der Waals surface area (Å²) in [6.45, 7) is 4.89. The van der Waals surface area contributed by atoms with Crippen LogP contribution in [0.2, 0.25) is 10.0 Å². The van der Waals surface area contributed by atoms with Gasteiger partial charge in [0, 0.05) is 11.2 Å². The number of esters is 1. The highest BCUT2D eigenvalue weighted by Gasteiger charge is 2.26. The van der Waals surface area contributed by atoms with Crippen LogP contribution < -0.4 is 10.1 Å². The van der Waals surface area contributed by atoms with E-state index < -0.39 is 11.9 Å². The van der Waals surface area contributed by atoms with Crippen molar-refractivity contribution >= 4 is 57.2 Å². The summed E-state index contributed by atoms with van der Waals surface area (Å²) < 4.78 is 12.1. The van der Waals surface area contributed by atoms with Crippen molar-refractivity contribution in [3.8, 4) is 5.75 Å². The van der Waals surface area contributed by atoms with Gasteiger partial charge >= 0.3 is 5.97 Å². The molecule has 1 amide bonds. The van der Waals surface area contributed by atoms with Crippen molar-refractivity contribution in [2.24, 2.45) is 0 Å². The van der Waals surface area contributed by atoms with E-state index >= 15 is 0 Å². The summed E-state index contributed by atoms with van der Waals surface area (Å²) in [5.41, 5.74) is 0.728. The number of anilines is 1. The molecule has 0 aliphatic rings. The fourth-order valence-corrected chi connectivity index (χ4v) is 4.38. The molecule has 0 aliphatic carbocycles. The minimum atomic E-state index is -0.608. The van der Waals surface area contributed by atoms with E-state index in [1.54, 1.807) is 38.2 Å². The highest BCUT2D eigenvalue weighted by Crippen LogP contribution is 2.34. The lowest BCUT2D eigenvalue weighted by Crippen LogP contribution is -2.16. The van der Waals surface area contributed by atoms with E-state index in [1.807, 2.05) is 0 Å². The quantitative estimate of drug-likeness (QED) is 0.339. The third-order valence-corrected chi connectivity index (χ3v) is 6.13. The Bertz CT molecular complexity index is 1190. The van der Waals surface area contributed by atoms with Gasteiger partial charge in [0.1, 0.15) is 10.8 Å². The number of benzene rings is 1. The number of carbonyl (C=O) groups excluding carboxylic acids is 3. The Morgan fingerprint density at radius 1 is 1.22 bits per heavy atom. The molecule has 3 aromatic rings. The number of hydrogen-bond donors (Lipinski definition) is 1. The normalized spacial score (nSPS) is 10.7. The number of amides is 1. The third kappa shape index (κ3) is 5.29. The van der Waals surface area contributed by atoms with Gasteiger partial charge in [-0.05, 0) is 50.6 Å². The van der Waals surface area contributed by atoms with Gasteiger partial charge in [-0.15, -0.1) is 11.3 Å². The second-order valence-electron chi connectivity index (χ2n) is 6.58.